The molecule has 1 aromatic heterocycles. The number of amidine groups is 2. The first-order valence-electron chi connectivity index (χ1n) is 12.2. The van der Waals surface area contributed by atoms with Crippen molar-refractivity contribution in [1.29, 1.82) is 0 Å². The van der Waals surface area contributed by atoms with Crippen molar-refractivity contribution in [3.63, 3.8) is 0 Å². The lowest BCUT2D eigenvalue weighted by atomic mass is 9.95. The molecule has 35 heavy (non-hydrogen) atoms. The van der Waals surface area contributed by atoms with Gasteiger partial charge in [0.15, 0.2) is 5.17 Å². The summed E-state index contributed by atoms with van der Waals surface area (Å²) < 4.78 is 0. The van der Waals surface area contributed by atoms with Crippen molar-refractivity contribution < 1.29 is 9.59 Å². The fraction of sp³-hybridized carbons (Fsp3) is 0.333. The van der Waals surface area contributed by atoms with Gasteiger partial charge in [0.2, 0.25) is 5.91 Å². The van der Waals surface area contributed by atoms with E-state index in [1.54, 1.807) is 4.90 Å². The maximum Gasteiger partial charge on any atom is 0.259 e. The number of amides is 2. The van der Waals surface area contributed by atoms with Gasteiger partial charge in [-0.05, 0) is 36.6 Å². The highest BCUT2D eigenvalue weighted by Crippen LogP contribution is 2.34. The number of aromatic nitrogens is 1. The van der Waals surface area contributed by atoms with Crippen LogP contribution in [0, 0.1) is 0 Å². The topological polar surface area (TPSA) is 89.9 Å². The molecule has 178 valence electrons. The van der Waals surface area contributed by atoms with Crippen molar-refractivity contribution in [3.8, 4) is 0 Å². The van der Waals surface area contributed by atoms with Gasteiger partial charge in [-0.1, -0.05) is 61.4 Å². The minimum atomic E-state index is -0.530. The molecule has 0 saturated heterocycles. The lowest BCUT2D eigenvalue weighted by molar-refractivity contribution is -0.124. The van der Waals surface area contributed by atoms with Crippen LogP contribution in [-0.2, 0) is 16.0 Å². The second-order valence-electron chi connectivity index (χ2n) is 9.31. The van der Waals surface area contributed by atoms with Gasteiger partial charge in [0.25, 0.3) is 5.91 Å². The fourth-order valence-electron chi connectivity index (χ4n) is 5.19. The number of nitrogens with zero attached hydrogens (tertiary/aromatic N) is 3. The molecule has 0 bridgehead atoms. The van der Waals surface area contributed by atoms with Crippen LogP contribution in [-0.4, -0.2) is 50.5 Å². The quantitative estimate of drug-likeness (QED) is 0.556. The van der Waals surface area contributed by atoms with E-state index in [1.807, 2.05) is 48.7 Å². The van der Waals surface area contributed by atoms with Crippen LogP contribution in [0.3, 0.4) is 0 Å². The van der Waals surface area contributed by atoms with E-state index in [9.17, 15) is 9.59 Å². The summed E-state index contributed by atoms with van der Waals surface area (Å²) in [6.07, 6.45) is 8.14. The molecule has 1 saturated carbocycles. The number of carbonyl (C=O) groups is 2. The average Bonchev–Trinajstić information content (AvgIpc) is 3.45. The van der Waals surface area contributed by atoms with E-state index in [0.717, 1.165) is 40.6 Å². The van der Waals surface area contributed by atoms with E-state index >= 15 is 0 Å². The van der Waals surface area contributed by atoms with E-state index in [2.05, 4.69) is 16.4 Å². The molecule has 2 aromatic carbocycles. The van der Waals surface area contributed by atoms with Crippen LogP contribution in [0.1, 0.15) is 43.2 Å². The zero-order valence-corrected chi connectivity index (χ0v) is 20.2. The third-order valence-electron chi connectivity index (χ3n) is 6.94. The van der Waals surface area contributed by atoms with Crippen LogP contribution in [0.15, 0.2) is 64.7 Å². The Labute approximate surface area is 208 Å². The third-order valence-corrected chi connectivity index (χ3v) is 7.88. The lowest BCUT2D eigenvalue weighted by Crippen LogP contribution is -2.42. The number of thioether (sulfide) groups is 1. The van der Waals surface area contributed by atoms with Crippen molar-refractivity contribution in [2.45, 2.75) is 50.6 Å². The number of rotatable bonds is 5. The number of aromatic amines is 1. The Bertz CT molecular complexity index is 1350. The van der Waals surface area contributed by atoms with Crippen molar-refractivity contribution in [2.75, 3.05) is 5.75 Å². The van der Waals surface area contributed by atoms with Crippen LogP contribution in [0.2, 0.25) is 0 Å². The molecule has 7 nitrogen and oxygen atoms in total. The van der Waals surface area contributed by atoms with Crippen molar-refractivity contribution in [3.05, 3.63) is 65.9 Å². The smallest absolute Gasteiger partial charge is 0.259 e. The summed E-state index contributed by atoms with van der Waals surface area (Å²) in [5.74, 6) is 0.741. The van der Waals surface area contributed by atoms with Gasteiger partial charge in [-0.3, -0.25) is 14.6 Å². The molecule has 3 aromatic rings. The van der Waals surface area contributed by atoms with Crippen LogP contribution in [0.5, 0.6) is 0 Å². The van der Waals surface area contributed by atoms with Gasteiger partial charge in [0, 0.05) is 35.1 Å². The first-order chi connectivity index (χ1) is 17.2. The molecule has 0 unspecified atom stereocenters. The van der Waals surface area contributed by atoms with Crippen molar-refractivity contribution >= 4 is 51.2 Å². The predicted octanol–water partition coefficient (Wildman–Crippen LogP) is 4.55. The molecule has 2 amide bonds. The van der Waals surface area contributed by atoms with Gasteiger partial charge < -0.3 is 10.3 Å². The van der Waals surface area contributed by atoms with Gasteiger partial charge in [-0.2, -0.15) is 0 Å². The molecule has 0 spiro atoms. The van der Waals surface area contributed by atoms with Gasteiger partial charge in [-0.15, -0.1) is 0 Å². The number of hydrogen-bond acceptors (Lipinski definition) is 5. The van der Waals surface area contributed by atoms with Gasteiger partial charge in [0.1, 0.15) is 11.9 Å². The van der Waals surface area contributed by atoms with E-state index in [0.29, 0.717) is 17.4 Å². The van der Waals surface area contributed by atoms with Crippen LogP contribution < -0.4 is 5.32 Å². The minimum Gasteiger partial charge on any atom is -0.361 e. The number of H-pyrrole nitrogens is 1. The Hall–Kier alpha value is -3.39. The second-order valence-corrected chi connectivity index (χ2v) is 10.3. The summed E-state index contributed by atoms with van der Waals surface area (Å²) in [6.45, 7) is 0. The van der Waals surface area contributed by atoms with Crippen LogP contribution in [0.25, 0.3) is 10.9 Å². The molecule has 8 heteroatoms. The minimum absolute atomic E-state index is 0.0102. The van der Waals surface area contributed by atoms with E-state index in [1.165, 1.54) is 31.0 Å². The largest absolute Gasteiger partial charge is 0.361 e. The van der Waals surface area contributed by atoms with Crippen LogP contribution >= 0.6 is 11.8 Å². The van der Waals surface area contributed by atoms with E-state index in [-0.39, 0.29) is 23.6 Å². The predicted molar refractivity (Wildman–Crippen MR) is 140 cm³/mol. The van der Waals surface area contributed by atoms with Crippen LogP contribution in [0.4, 0.5) is 5.69 Å². The highest BCUT2D eigenvalue weighted by molar-refractivity contribution is 8.14. The van der Waals surface area contributed by atoms with E-state index < -0.39 is 6.04 Å². The summed E-state index contributed by atoms with van der Waals surface area (Å²) in [5, 5.41) is 4.78. The summed E-state index contributed by atoms with van der Waals surface area (Å²) in [7, 11) is 0. The molecule has 3 aliphatic rings. The summed E-state index contributed by atoms with van der Waals surface area (Å²) in [5.41, 5.74) is 3.73. The molecule has 6 rings (SSSR count). The zero-order valence-electron chi connectivity index (χ0n) is 19.4. The third kappa shape index (κ3) is 4.27. The zero-order chi connectivity index (χ0) is 23.8. The number of hydrogen-bond donors (Lipinski definition) is 2. The molecular formula is C27H27N5O2S. The molecule has 2 N–H and O–H groups in total. The molecule has 1 aliphatic carbocycles. The molecule has 1 fully saturated rings. The molecule has 1 atom stereocenters. The Balaban J connectivity index is 1.23. The van der Waals surface area contributed by atoms with Gasteiger partial charge in [0.05, 0.1) is 11.4 Å². The number of carbonyl (C=O) groups excluding carboxylic acids is 2. The summed E-state index contributed by atoms with van der Waals surface area (Å²) >= 11 is 1.31. The highest BCUT2D eigenvalue weighted by Gasteiger charge is 2.41. The number of fused-ring (bicyclic) bond motifs is 4. The number of benzene rings is 2. The number of para-hydroxylation sites is 2. The maximum atomic E-state index is 13.6. The first kappa shape index (κ1) is 22.1. The maximum absolute atomic E-state index is 13.6. The van der Waals surface area contributed by atoms with Crippen molar-refractivity contribution in [1.82, 2.24) is 15.2 Å². The monoisotopic (exact) mass is 485 g/mol. The first-order valence-corrected chi connectivity index (χ1v) is 13.2. The normalized spacial score (nSPS) is 19.8. The number of nitrogens with one attached hydrogen (secondary N) is 2. The molecule has 2 aliphatic heterocycles. The van der Waals surface area contributed by atoms with E-state index in [4.69, 9.17) is 9.98 Å². The Morgan fingerprint density at radius 2 is 1.89 bits per heavy atom. The Morgan fingerprint density at radius 3 is 2.77 bits per heavy atom. The average molecular weight is 486 g/mol. The Kier molecular flexibility index (Phi) is 5.90. The molecule has 3 heterocycles. The lowest BCUT2D eigenvalue weighted by Gasteiger charge is -2.26. The van der Waals surface area contributed by atoms with Gasteiger partial charge >= 0.3 is 0 Å². The highest BCUT2D eigenvalue weighted by atomic mass is 32.2. The summed E-state index contributed by atoms with van der Waals surface area (Å²) in [6, 6.07) is 15.5. The fourth-order valence-corrected chi connectivity index (χ4v) is 6.00. The molecular weight excluding hydrogens is 458 g/mol. The Morgan fingerprint density at radius 1 is 1.09 bits per heavy atom. The molecule has 0 radical (unpaired) electrons. The second kappa shape index (κ2) is 9.34. The van der Waals surface area contributed by atoms with Crippen molar-refractivity contribution in [2.24, 2.45) is 9.98 Å². The van der Waals surface area contributed by atoms with Gasteiger partial charge in [-0.25, -0.2) is 9.89 Å². The number of aliphatic imine (C=N–C) groups is 2. The summed E-state index contributed by atoms with van der Waals surface area (Å²) in [4.78, 5) is 40.8. The SMILES string of the molecule is O=C(CSC1=Nc2ccccc2C2=N[C@@H](Cc3c[nH]c4ccccc34)C(=O)N12)NC1CCCCC1. The standard InChI is InChI=1S/C27H27N5O2S/c33-24(29-18-8-2-1-3-9-18)16-35-27-31-22-13-7-5-11-20(22)25-30-23(26(34)32(25)27)14-17-15-28-21-12-6-4-10-19(17)21/h4-7,10-13,15,18,23,28H,1-3,8-9,14,16H2,(H,29,33)/t23-/m0/s1.